The third kappa shape index (κ3) is 4.41. The summed E-state index contributed by atoms with van der Waals surface area (Å²) in [5.74, 6) is 0.962. The van der Waals surface area contributed by atoms with Crippen LogP contribution in [-0.4, -0.2) is 15.1 Å². The first-order valence-electron chi connectivity index (χ1n) is 7.72. The van der Waals surface area contributed by atoms with Crippen molar-refractivity contribution < 1.29 is 0 Å². The van der Waals surface area contributed by atoms with E-state index in [9.17, 15) is 4.79 Å². The van der Waals surface area contributed by atoms with E-state index in [0.717, 1.165) is 5.56 Å². The van der Waals surface area contributed by atoms with Gasteiger partial charge < -0.3 is 10.7 Å². The number of rotatable bonds is 4. The summed E-state index contributed by atoms with van der Waals surface area (Å²) in [4.78, 5) is 23.8. The summed E-state index contributed by atoms with van der Waals surface area (Å²) in [6.07, 6.45) is 0. The third-order valence-electron chi connectivity index (χ3n) is 3.68. The van der Waals surface area contributed by atoms with Crippen LogP contribution in [0.1, 0.15) is 24.4 Å². The maximum absolute atomic E-state index is 12.1. The first-order valence-corrected chi connectivity index (χ1v) is 9.09. The maximum atomic E-state index is 12.1. The van der Waals surface area contributed by atoms with Gasteiger partial charge in [0.15, 0.2) is 5.17 Å². The molecule has 5 nitrogen and oxygen atoms in total. The molecule has 0 aliphatic heterocycles. The van der Waals surface area contributed by atoms with Gasteiger partial charge in [0, 0.05) is 5.02 Å². The number of aromatic nitrogens is 2. The molecule has 3 rings (SSSR count). The molecule has 3 N–H and O–H groups in total. The molecule has 0 radical (unpaired) electrons. The summed E-state index contributed by atoms with van der Waals surface area (Å²) >= 11 is 7.31. The molecule has 0 aliphatic carbocycles. The molecule has 2 aromatic carbocycles. The fraction of sp³-hybridized carbons (Fsp3) is 0.167. The Morgan fingerprint density at radius 3 is 2.84 bits per heavy atom. The number of fused-ring (bicyclic) bond motifs is 1. The van der Waals surface area contributed by atoms with Gasteiger partial charge in [-0.25, -0.2) is 4.98 Å². The standard InChI is InChI=1S/C18H17ClN4OS/c1-11(12-5-3-2-4-6-12)21-18(20)25-10-16-22-15-9-13(19)7-8-14(15)17(24)23-16/h2-9,11H,10H2,1H3,(H2,20,21)(H,22,23,24)/t11-/m0/s1. The number of halogens is 1. The number of thioether (sulfide) groups is 1. The molecule has 0 amide bonds. The van der Waals surface area contributed by atoms with Gasteiger partial charge in [-0.3, -0.25) is 9.79 Å². The van der Waals surface area contributed by atoms with Crippen LogP contribution in [0, 0.1) is 0 Å². The highest BCUT2D eigenvalue weighted by Gasteiger charge is 2.07. The van der Waals surface area contributed by atoms with Crippen LogP contribution >= 0.6 is 23.4 Å². The largest absolute Gasteiger partial charge is 0.379 e. The van der Waals surface area contributed by atoms with E-state index in [2.05, 4.69) is 15.0 Å². The van der Waals surface area contributed by atoms with Gasteiger partial charge in [-0.2, -0.15) is 0 Å². The minimum absolute atomic E-state index is 0.0314. The second-order valence-electron chi connectivity index (χ2n) is 5.52. The van der Waals surface area contributed by atoms with Crippen LogP contribution in [0.15, 0.2) is 58.3 Å². The lowest BCUT2D eigenvalue weighted by Gasteiger charge is -2.08. The Kier molecular flexibility index (Phi) is 5.40. The molecule has 0 bridgehead atoms. The predicted molar refractivity (Wildman–Crippen MR) is 105 cm³/mol. The first kappa shape index (κ1) is 17.5. The fourth-order valence-electron chi connectivity index (χ4n) is 2.41. The lowest BCUT2D eigenvalue weighted by molar-refractivity contribution is 0.822. The van der Waals surface area contributed by atoms with Crippen molar-refractivity contribution in [3.8, 4) is 0 Å². The Bertz CT molecular complexity index is 972. The molecular weight excluding hydrogens is 356 g/mol. The maximum Gasteiger partial charge on any atom is 0.258 e. The highest BCUT2D eigenvalue weighted by Crippen LogP contribution is 2.19. The van der Waals surface area contributed by atoms with Crippen LogP contribution in [0.5, 0.6) is 0 Å². The molecule has 25 heavy (non-hydrogen) atoms. The van der Waals surface area contributed by atoms with Crippen LogP contribution in [-0.2, 0) is 5.75 Å². The zero-order valence-electron chi connectivity index (χ0n) is 13.6. The Morgan fingerprint density at radius 2 is 2.08 bits per heavy atom. The van der Waals surface area contributed by atoms with Crippen LogP contribution in [0.25, 0.3) is 10.9 Å². The molecule has 0 saturated heterocycles. The van der Waals surface area contributed by atoms with Gasteiger partial charge in [0.25, 0.3) is 5.56 Å². The van der Waals surface area contributed by atoms with Crippen LogP contribution in [0.2, 0.25) is 5.02 Å². The summed E-state index contributed by atoms with van der Waals surface area (Å²) in [5, 5.41) is 1.50. The number of hydrogen-bond donors (Lipinski definition) is 2. The average Bonchev–Trinajstić information content (AvgIpc) is 2.60. The molecule has 0 aliphatic rings. The number of aromatic amines is 1. The van der Waals surface area contributed by atoms with E-state index in [0.29, 0.717) is 32.7 Å². The lowest BCUT2D eigenvalue weighted by Crippen LogP contribution is -2.13. The number of nitrogens with two attached hydrogens (primary N) is 1. The molecule has 1 heterocycles. The second kappa shape index (κ2) is 7.72. The molecule has 1 atom stereocenters. The topological polar surface area (TPSA) is 84.1 Å². The fourth-order valence-corrected chi connectivity index (χ4v) is 3.23. The highest BCUT2D eigenvalue weighted by atomic mass is 35.5. The van der Waals surface area contributed by atoms with Crippen molar-refractivity contribution in [1.82, 2.24) is 9.97 Å². The molecule has 7 heteroatoms. The van der Waals surface area contributed by atoms with Gasteiger partial charge in [-0.05, 0) is 30.7 Å². The molecular formula is C18H17ClN4OS. The Labute approximate surface area is 154 Å². The number of aliphatic imine (C=N–C) groups is 1. The molecule has 0 saturated carbocycles. The Hall–Kier alpha value is -2.31. The quantitative estimate of drug-likeness (QED) is 0.537. The second-order valence-corrected chi connectivity index (χ2v) is 6.95. The van der Waals surface area contributed by atoms with E-state index in [1.807, 2.05) is 37.3 Å². The monoisotopic (exact) mass is 372 g/mol. The number of benzene rings is 2. The lowest BCUT2D eigenvalue weighted by atomic mass is 10.1. The van der Waals surface area contributed by atoms with Crippen molar-refractivity contribution >= 4 is 39.4 Å². The third-order valence-corrected chi connectivity index (χ3v) is 4.73. The van der Waals surface area contributed by atoms with E-state index in [-0.39, 0.29) is 11.6 Å². The smallest absolute Gasteiger partial charge is 0.258 e. The number of nitrogens with zero attached hydrogens (tertiary/aromatic N) is 2. The summed E-state index contributed by atoms with van der Waals surface area (Å²) in [5.41, 5.74) is 7.48. The van der Waals surface area contributed by atoms with Gasteiger partial charge in [0.2, 0.25) is 0 Å². The zero-order chi connectivity index (χ0) is 17.8. The summed E-state index contributed by atoms with van der Waals surface area (Å²) in [7, 11) is 0. The molecule has 0 spiro atoms. The SMILES string of the molecule is C[C@H](N=C(N)SCc1nc2cc(Cl)ccc2c(=O)[nH]1)c1ccccc1. The predicted octanol–water partition coefficient (Wildman–Crippen LogP) is 3.89. The van der Waals surface area contributed by atoms with Crippen molar-refractivity contribution in [2.75, 3.05) is 0 Å². The van der Waals surface area contributed by atoms with Crippen molar-refractivity contribution in [3.05, 3.63) is 75.3 Å². The Balaban J connectivity index is 1.73. The van der Waals surface area contributed by atoms with E-state index >= 15 is 0 Å². The van der Waals surface area contributed by atoms with E-state index in [4.69, 9.17) is 17.3 Å². The normalized spacial score (nSPS) is 13.1. The summed E-state index contributed by atoms with van der Waals surface area (Å²) in [6.45, 7) is 1.99. The number of H-pyrrole nitrogens is 1. The summed E-state index contributed by atoms with van der Waals surface area (Å²) < 4.78 is 0. The number of hydrogen-bond acceptors (Lipinski definition) is 4. The van der Waals surface area contributed by atoms with E-state index < -0.39 is 0 Å². The zero-order valence-corrected chi connectivity index (χ0v) is 15.1. The average molecular weight is 373 g/mol. The minimum Gasteiger partial charge on any atom is -0.379 e. The van der Waals surface area contributed by atoms with Crippen molar-refractivity contribution in [3.63, 3.8) is 0 Å². The van der Waals surface area contributed by atoms with Gasteiger partial charge in [0.05, 0.1) is 22.7 Å². The molecule has 1 aromatic heterocycles. The first-order chi connectivity index (χ1) is 12.0. The Morgan fingerprint density at radius 1 is 1.32 bits per heavy atom. The van der Waals surface area contributed by atoms with Gasteiger partial charge in [0.1, 0.15) is 5.82 Å². The number of amidine groups is 1. The van der Waals surface area contributed by atoms with Crippen LogP contribution in [0.3, 0.4) is 0 Å². The van der Waals surface area contributed by atoms with Crippen molar-refractivity contribution in [2.45, 2.75) is 18.7 Å². The molecule has 128 valence electrons. The highest BCUT2D eigenvalue weighted by molar-refractivity contribution is 8.13. The van der Waals surface area contributed by atoms with E-state index in [1.54, 1.807) is 18.2 Å². The minimum atomic E-state index is -0.189. The van der Waals surface area contributed by atoms with Crippen LogP contribution < -0.4 is 11.3 Å². The van der Waals surface area contributed by atoms with Crippen molar-refractivity contribution in [1.29, 1.82) is 0 Å². The molecule has 3 aromatic rings. The molecule has 0 unspecified atom stereocenters. The van der Waals surface area contributed by atoms with Gasteiger partial charge >= 0.3 is 0 Å². The van der Waals surface area contributed by atoms with Gasteiger partial charge in [-0.15, -0.1) is 0 Å². The summed E-state index contributed by atoms with van der Waals surface area (Å²) in [6, 6.07) is 14.9. The number of nitrogens with one attached hydrogen (secondary N) is 1. The van der Waals surface area contributed by atoms with Gasteiger partial charge in [-0.1, -0.05) is 53.7 Å². The van der Waals surface area contributed by atoms with Crippen molar-refractivity contribution in [2.24, 2.45) is 10.7 Å². The van der Waals surface area contributed by atoms with E-state index in [1.165, 1.54) is 11.8 Å². The van der Waals surface area contributed by atoms with Crippen LogP contribution in [0.4, 0.5) is 0 Å². The molecule has 0 fully saturated rings.